The lowest BCUT2D eigenvalue weighted by Crippen LogP contribution is -2.35. The molecule has 3 nitrogen and oxygen atoms in total. The van der Waals surface area contributed by atoms with E-state index in [1.54, 1.807) is 21.0 Å². The van der Waals surface area contributed by atoms with Gasteiger partial charge >= 0.3 is 0 Å². The molecule has 0 radical (unpaired) electrons. The van der Waals surface area contributed by atoms with Crippen molar-refractivity contribution in [2.75, 3.05) is 13.7 Å². The van der Waals surface area contributed by atoms with Gasteiger partial charge in [0, 0.05) is 13.0 Å². The van der Waals surface area contributed by atoms with Gasteiger partial charge in [-0.15, -0.1) is 0 Å². The molecule has 0 heterocycles. The lowest BCUT2D eigenvalue weighted by atomic mass is 9.82. The third kappa shape index (κ3) is 2.80. The zero-order chi connectivity index (χ0) is 9.78. The van der Waals surface area contributed by atoms with Crippen LogP contribution in [0.1, 0.15) is 20.8 Å². The van der Waals surface area contributed by atoms with Crippen LogP contribution in [-0.2, 0) is 4.74 Å². The molecule has 0 aromatic heterocycles. The predicted molar refractivity (Wildman–Crippen MR) is 46.4 cm³/mol. The van der Waals surface area contributed by atoms with Crippen LogP contribution in [0.2, 0.25) is 0 Å². The lowest BCUT2D eigenvalue weighted by Gasteiger charge is -2.27. The molecule has 3 heteroatoms. The molecule has 0 saturated heterocycles. The SMILES string of the molecule is COCC(C)C(O)C(C)(C)C#N. The number of nitrogens with zero attached hydrogens (tertiary/aromatic N) is 1. The highest BCUT2D eigenvalue weighted by Crippen LogP contribution is 2.24. The summed E-state index contributed by atoms with van der Waals surface area (Å²) in [5, 5.41) is 18.4. The zero-order valence-electron chi connectivity index (χ0n) is 8.16. The number of hydrogen-bond acceptors (Lipinski definition) is 3. The molecule has 12 heavy (non-hydrogen) atoms. The molecule has 0 aromatic rings. The van der Waals surface area contributed by atoms with Crippen molar-refractivity contribution in [2.24, 2.45) is 11.3 Å². The topological polar surface area (TPSA) is 53.2 Å². The van der Waals surface area contributed by atoms with Crippen molar-refractivity contribution in [2.45, 2.75) is 26.9 Å². The van der Waals surface area contributed by atoms with E-state index in [9.17, 15) is 5.11 Å². The first-order valence-corrected chi connectivity index (χ1v) is 4.04. The average molecular weight is 171 g/mol. The second-order valence-corrected chi connectivity index (χ2v) is 3.71. The number of nitriles is 1. The quantitative estimate of drug-likeness (QED) is 0.691. The monoisotopic (exact) mass is 171 g/mol. The van der Waals surface area contributed by atoms with Crippen LogP contribution < -0.4 is 0 Å². The van der Waals surface area contributed by atoms with Gasteiger partial charge in [-0.1, -0.05) is 6.92 Å². The van der Waals surface area contributed by atoms with Crippen LogP contribution in [0.3, 0.4) is 0 Å². The fourth-order valence-corrected chi connectivity index (χ4v) is 1.13. The lowest BCUT2D eigenvalue weighted by molar-refractivity contribution is 0.00413. The van der Waals surface area contributed by atoms with E-state index in [0.29, 0.717) is 6.61 Å². The van der Waals surface area contributed by atoms with E-state index in [1.165, 1.54) is 0 Å². The Morgan fingerprint density at radius 3 is 2.42 bits per heavy atom. The van der Waals surface area contributed by atoms with Gasteiger partial charge in [0.05, 0.1) is 24.2 Å². The molecule has 0 bridgehead atoms. The molecule has 70 valence electrons. The third-order valence-corrected chi connectivity index (χ3v) is 2.00. The van der Waals surface area contributed by atoms with E-state index < -0.39 is 11.5 Å². The molecule has 0 amide bonds. The second kappa shape index (κ2) is 4.44. The first-order valence-electron chi connectivity index (χ1n) is 4.04. The largest absolute Gasteiger partial charge is 0.391 e. The van der Waals surface area contributed by atoms with E-state index in [2.05, 4.69) is 6.07 Å². The summed E-state index contributed by atoms with van der Waals surface area (Å²) >= 11 is 0. The maximum Gasteiger partial charge on any atom is 0.0779 e. The minimum absolute atomic E-state index is 0.00958. The van der Waals surface area contributed by atoms with Crippen LogP contribution in [0.25, 0.3) is 0 Å². The van der Waals surface area contributed by atoms with Crippen molar-refractivity contribution >= 4 is 0 Å². The Morgan fingerprint density at radius 2 is 2.08 bits per heavy atom. The number of ether oxygens (including phenoxy) is 1. The van der Waals surface area contributed by atoms with Crippen LogP contribution in [0, 0.1) is 22.7 Å². The van der Waals surface area contributed by atoms with Gasteiger partial charge < -0.3 is 9.84 Å². The Hall–Kier alpha value is -0.590. The summed E-state index contributed by atoms with van der Waals surface area (Å²) in [4.78, 5) is 0. The van der Waals surface area contributed by atoms with E-state index in [-0.39, 0.29) is 5.92 Å². The van der Waals surface area contributed by atoms with Crippen molar-refractivity contribution in [1.29, 1.82) is 5.26 Å². The molecular weight excluding hydrogens is 154 g/mol. The van der Waals surface area contributed by atoms with Crippen LogP contribution in [-0.4, -0.2) is 24.9 Å². The fraction of sp³-hybridized carbons (Fsp3) is 0.889. The smallest absolute Gasteiger partial charge is 0.0779 e. The van der Waals surface area contributed by atoms with Crippen molar-refractivity contribution in [1.82, 2.24) is 0 Å². The molecule has 0 aliphatic heterocycles. The van der Waals surface area contributed by atoms with E-state index >= 15 is 0 Å². The summed E-state index contributed by atoms with van der Waals surface area (Å²) in [6, 6.07) is 2.07. The van der Waals surface area contributed by atoms with E-state index in [0.717, 1.165) is 0 Å². The number of aliphatic hydroxyl groups is 1. The standard InChI is InChI=1S/C9H17NO2/c1-7(5-12-4)8(11)9(2,3)6-10/h7-8,11H,5H2,1-4H3. The summed E-state index contributed by atoms with van der Waals surface area (Å²) in [6.07, 6.45) is -0.637. The average Bonchev–Trinajstić information content (AvgIpc) is 2.03. The molecule has 1 N–H and O–H groups in total. The van der Waals surface area contributed by atoms with E-state index in [4.69, 9.17) is 10.00 Å². The predicted octanol–water partition coefficient (Wildman–Crippen LogP) is 1.18. The van der Waals surface area contributed by atoms with Gasteiger partial charge in [-0.3, -0.25) is 0 Å². The van der Waals surface area contributed by atoms with Gasteiger partial charge in [0.25, 0.3) is 0 Å². The molecule has 0 aromatic carbocycles. The van der Waals surface area contributed by atoms with Gasteiger partial charge in [-0.25, -0.2) is 0 Å². The Bertz CT molecular complexity index is 172. The highest BCUT2D eigenvalue weighted by molar-refractivity contribution is 4.98. The molecule has 0 saturated carbocycles. The number of rotatable bonds is 4. The summed E-state index contributed by atoms with van der Waals surface area (Å²) in [5.74, 6) is -0.00958. The first kappa shape index (κ1) is 11.4. The minimum Gasteiger partial charge on any atom is -0.391 e. The first-order chi connectivity index (χ1) is 5.45. The molecule has 0 aliphatic carbocycles. The van der Waals surface area contributed by atoms with Gasteiger partial charge in [0.2, 0.25) is 0 Å². The Labute approximate surface area is 74.0 Å². The molecule has 0 rings (SSSR count). The summed E-state index contributed by atoms with van der Waals surface area (Å²) in [5.41, 5.74) is -0.696. The number of aliphatic hydroxyl groups excluding tert-OH is 1. The van der Waals surface area contributed by atoms with Gasteiger partial charge in [-0.05, 0) is 13.8 Å². The minimum atomic E-state index is -0.696. The number of hydrogen-bond donors (Lipinski definition) is 1. The molecule has 0 spiro atoms. The molecule has 0 fully saturated rings. The maximum atomic E-state index is 9.67. The molecule has 2 atom stereocenters. The zero-order valence-corrected chi connectivity index (χ0v) is 8.16. The van der Waals surface area contributed by atoms with Crippen molar-refractivity contribution in [3.8, 4) is 6.07 Å². The third-order valence-electron chi connectivity index (χ3n) is 2.00. The van der Waals surface area contributed by atoms with Crippen LogP contribution in [0.4, 0.5) is 0 Å². The van der Waals surface area contributed by atoms with Crippen LogP contribution in [0.5, 0.6) is 0 Å². The van der Waals surface area contributed by atoms with Crippen molar-refractivity contribution in [3.05, 3.63) is 0 Å². The van der Waals surface area contributed by atoms with Gasteiger partial charge in [0.15, 0.2) is 0 Å². The highest BCUT2D eigenvalue weighted by Gasteiger charge is 2.31. The summed E-state index contributed by atoms with van der Waals surface area (Å²) < 4.78 is 4.89. The van der Waals surface area contributed by atoms with Crippen LogP contribution in [0.15, 0.2) is 0 Å². The second-order valence-electron chi connectivity index (χ2n) is 3.71. The molecule has 0 aliphatic rings. The molecule has 2 unspecified atom stereocenters. The Morgan fingerprint density at radius 1 is 1.58 bits per heavy atom. The fourth-order valence-electron chi connectivity index (χ4n) is 1.13. The highest BCUT2D eigenvalue weighted by atomic mass is 16.5. The summed E-state index contributed by atoms with van der Waals surface area (Å²) in [7, 11) is 1.59. The molecular formula is C9H17NO2. The van der Waals surface area contributed by atoms with E-state index in [1.807, 2.05) is 6.92 Å². The Balaban J connectivity index is 4.19. The summed E-state index contributed by atoms with van der Waals surface area (Å²) in [6.45, 7) is 5.80. The normalized spacial score (nSPS) is 16.7. The van der Waals surface area contributed by atoms with Gasteiger partial charge in [-0.2, -0.15) is 5.26 Å². The van der Waals surface area contributed by atoms with Crippen molar-refractivity contribution in [3.63, 3.8) is 0 Å². The maximum absolute atomic E-state index is 9.67. The van der Waals surface area contributed by atoms with Crippen molar-refractivity contribution < 1.29 is 9.84 Å². The Kier molecular flexibility index (Phi) is 4.22. The number of methoxy groups -OCH3 is 1. The van der Waals surface area contributed by atoms with Crippen LogP contribution >= 0.6 is 0 Å². The van der Waals surface area contributed by atoms with Gasteiger partial charge in [0.1, 0.15) is 0 Å².